The average Bonchev–Trinajstić information content (AvgIpc) is 3.48. The minimum atomic E-state index is -0.742. The van der Waals surface area contributed by atoms with Crippen molar-refractivity contribution in [2.45, 2.75) is 72.0 Å². The van der Waals surface area contributed by atoms with E-state index in [0.717, 1.165) is 25.0 Å². The van der Waals surface area contributed by atoms with E-state index in [1.165, 1.54) is 18.3 Å². The van der Waals surface area contributed by atoms with Crippen LogP contribution in [0.3, 0.4) is 0 Å². The van der Waals surface area contributed by atoms with E-state index in [1.54, 1.807) is 36.9 Å². The van der Waals surface area contributed by atoms with Gasteiger partial charge in [0.05, 0.1) is 42.6 Å². The normalized spacial score (nSPS) is 14.2. The number of nitrogens with one attached hydrogen (secondary N) is 2. The summed E-state index contributed by atoms with van der Waals surface area (Å²) in [5, 5.41) is 12.3. The van der Waals surface area contributed by atoms with Crippen molar-refractivity contribution >= 4 is 39.9 Å². The number of unbranched alkanes of at least 4 members (excludes halogenated alkanes) is 1. The highest BCUT2D eigenvalue weighted by Crippen LogP contribution is 2.29. The number of para-hydroxylation sites is 1. The van der Waals surface area contributed by atoms with E-state index in [-0.39, 0.29) is 43.7 Å². The Bertz CT molecular complexity index is 2190. The summed E-state index contributed by atoms with van der Waals surface area (Å²) < 4.78 is 49.0. The fourth-order valence-corrected chi connectivity index (χ4v) is 6.23. The van der Waals surface area contributed by atoms with Gasteiger partial charge in [0.25, 0.3) is 0 Å². The van der Waals surface area contributed by atoms with Crippen LogP contribution in [-0.2, 0) is 20.8 Å². The smallest absolute Gasteiger partial charge is 0.328 e. The van der Waals surface area contributed by atoms with Crippen LogP contribution in [0.2, 0.25) is 5.02 Å². The van der Waals surface area contributed by atoms with Crippen LogP contribution in [0.1, 0.15) is 64.6 Å². The molecule has 4 aromatic rings. The Kier molecular flexibility index (Phi) is 15.4. The first kappa shape index (κ1) is 42.6. The van der Waals surface area contributed by atoms with Gasteiger partial charge in [-0.2, -0.15) is 5.10 Å². The molecular formula is C42H49ClF2N8O4. The lowest BCUT2D eigenvalue weighted by atomic mass is 10.1. The zero-order valence-corrected chi connectivity index (χ0v) is 33.3. The van der Waals surface area contributed by atoms with E-state index < -0.39 is 23.6 Å². The number of ether oxygens (including phenoxy) is 3. The molecule has 0 saturated heterocycles. The van der Waals surface area contributed by atoms with Crippen molar-refractivity contribution in [3.05, 3.63) is 124 Å². The summed E-state index contributed by atoms with van der Waals surface area (Å²) in [4.78, 5) is 21.9. The number of hydrogen-bond acceptors (Lipinski definition) is 11. The number of aromatic nitrogens is 3. The first-order chi connectivity index (χ1) is 27.5. The summed E-state index contributed by atoms with van der Waals surface area (Å²) in [6.07, 6.45) is 9.52. The molecule has 2 aromatic heterocycles. The fraction of sp³-hybridized carbons (Fsp3) is 0.357. The molecule has 0 spiro atoms. The average molecular weight is 803 g/mol. The van der Waals surface area contributed by atoms with E-state index in [1.807, 2.05) is 44.2 Å². The SMILES string of the molecule is CC=C(N[C@@H](C)C(=O)OCCCOC1=C(Nc2ccncc2Cl)N=C(c2nn(Cc3c(F)cc(OCC)cc3F)c3ccccc23)C(C)=C=C1)[C@@H](N)CCCCN. The number of nitrogens with zero attached hydrogens (tertiary/aromatic N) is 4. The Balaban J connectivity index is 1.36. The van der Waals surface area contributed by atoms with Crippen molar-refractivity contribution in [2.24, 2.45) is 16.5 Å². The molecule has 5 rings (SSSR count). The quantitative estimate of drug-likeness (QED) is 0.0406. The van der Waals surface area contributed by atoms with E-state index in [0.29, 0.717) is 63.1 Å². The second-order valence-corrected chi connectivity index (χ2v) is 13.7. The number of fused-ring (bicyclic) bond motifs is 1. The Morgan fingerprint density at radius 2 is 1.88 bits per heavy atom. The maximum absolute atomic E-state index is 15.2. The Morgan fingerprint density at radius 3 is 2.60 bits per heavy atom. The minimum Gasteiger partial charge on any atom is -0.494 e. The van der Waals surface area contributed by atoms with E-state index in [4.69, 9.17) is 47.4 Å². The van der Waals surface area contributed by atoms with Gasteiger partial charge >= 0.3 is 5.97 Å². The number of carbonyl (C=O) groups excluding carboxylic acids is 1. The van der Waals surface area contributed by atoms with Crippen LogP contribution < -0.4 is 26.8 Å². The van der Waals surface area contributed by atoms with Crippen molar-refractivity contribution < 1.29 is 27.8 Å². The lowest BCUT2D eigenvalue weighted by Crippen LogP contribution is -2.41. The highest BCUT2D eigenvalue weighted by molar-refractivity contribution is 6.33. The monoisotopic (exact) mass is 802 g/mol. The molecule has 0 saturated carbocycles. The first-order valence-electron chi connectivity index (χ1n) is 18.9. The molecule has 1 aliphatic heterocycles. The minimum absolute atomic E-state index is 0.108. The van der Waals surface area contributed by atoms with Crippen LogP contribution in [0.15, 0.2) is 101 Å². The van der Waals surface area contributed by atoms with Gasteiger partial charge in [-0.3, -0.25) is 9.67 Å². The van der Waals surface area contributed by atoms with Crippen molar-refractivity contribution in [2.75, 3.05) is 31.7 Å². The first-order valence-corrected chi connectivity index (χ1v) is 19.3. The molecule has 57 heavy (non-hydrogen) atoms. The molecule has 0 unspecified atom stereocenters. The summed E-state index contributed by atoms with van der Waals surface area (Å²) in [5.74, 6) is -1.16. The largest absolute Gasteiger partial charge is 0.494 e. The molecule has 2 atom stereocenters. The molecule has 3 heterocycles. The number of anilines is 1. The van der Waals surface area contributed by atoms with Crippen molar-refractivity contribution in [3.8, 4) is 5.75 Å². The number of halogens is 3. The molecule has 0 bridgehead atoms. The molecule has 0 radical (unpaired) electrons. The van der Waals surface area contributed by atoms with Crippen LogP contribution in [-0.4, -0.2) is 64.9 Å². The van der Waals surface area contributed by atoms with E-state index in [9.17, 15) is 4.79 Å². The fourth-order valence-electron chi connectivity index (χ4n) is 6.07. The van der Waals surface area contributed by atoms with Gasteiger partial charge in [0.2, 0.25) is 0 Å². The maximum atomic E-state index is 15.2. The van der Waals surface area contributed by atoms with Gasteiger partial charge in [-0.1, -0.05) is 42.3 Å². The second-order valence-electron chi connectivity index (χ2n) is 13.3. The summed E-state index contributed by atoms with van der Waals surface area (Å²) >= 11 is 6.49. The number of nitrogens with two attached hydrogens (primary N) is 2. The van der Waals surface area contributed by atoms with E-state index >= 15 is 8.78 Å². The van der Waals surface area contributed by atoms with Crippen molar-refractivity contribution in [1.29, 1.82) is 0 Å². The summed E-state index contributed by atoms with van der Waals surface area (Å²) in [5.41, 5.74) is 18.5. The van der Waals surface area contributed by atoms with Crippen molar-refractivity contribution in [1.82, 2.24) is 20.1 Å². The van der Waals surface area contributed by atoms with Gasteiger partial charge in [-0.15, -0.1) is 5.73 Å². The predicted octanol–water partition coefficient (Wildman–Crippen LogP) is 7.28. The molecule has 0 fully saturated rings. The zero-order chi connectivity index (χ0) is 40.9. The van der Waals surface area contributed by atoms with Crippen LogP contribution in [0, 0.1) is 11.6 Å². The molecular weight excluding hydrogens is 754 g/mol. The van der Waals surface area contributed by atoms with Gasteiger partial charge in [0.1, 0.15) is 34.8 Å². The van der Waals surface area contributed by atoms with Crippen LogP contribution in [0.4, 0.5) is 14.5 Å². The number of allylic oxidation sites excluding steroid dienone is 2. The third kappa shape index (κ3) is 11.1. The Morgan fingerprint density at radius 1 is 1.11 bits per heavy atom. The molecule has 302 valence electrons. The second kappa shape index (κ2) is 20.6. The van der Waals surface area contributed by atoms with Crippen LogP contribution >= 0.6 is 11.6 Å². The Labute approximate surface area is 336 Å². The topological polar surface area (TPSA) is 164 Å². The lowest BCUT2D eigenvalue weighted by molar-refractivity contribution is -0.145. The number of hydrogen-bond donors (Lipinski definition) is 4. The molecule has 12 nitrogen and oxygen atoms in total. The predicted molar refractivity (Wildman–Crippen MR) is 219 cm³/mol. The Hall–Kier alpha value is -5.53. The summed E-state index contributed by atoms with van der Waals surface area (Å²) in [7, 11) is 0. The summed E-state index contributed by atoms with van der Waals surface area (Å²) in [6.45, 7) is 8.15. The van der Waals surface area contributed by atoms with Gasteiger partial charge in [-0.25, -0.2) is 18.6 Å². The van der Waals surface area contributed by atoms with Crippen LogP contribution in [0.25, 0.3) is 10.9 Å². The number of carbonyl (C=O) groups is 1. The lowest BCUT2D eigenvalue weighted by Gasteiger charge is -2.21. The maximum Gasteiger partial charge on any atom is 0.328 e. The van der Waals surface area contributed by atoms with Gasteiger partial charge in [0, 0.05) is 65.3 Å². The molecule has 1 aliphatic rings. The van der Waals surface area contributed by atoms with Gasteiger partial charge in [-0.05, 0) is 59.2 Å². The van der Waals surface area contributed by atoms with Gasteiger partial charge in [0.15, 0.2) is 11.6 Å². The van der Waals surface area contributed by atoms with Crippen molar-refractivity contribution in [3.63, 3.8) is 0 Å². The van der Waals surface area contributed by atoms with E-state index in [2.05, 4.69) is 21.3 Å². The van der Waals surface area contributed by atoms with Gasteiger partial charge < -0.3 is 36.3 Å². The highest BCUT2D eigenvalue weighted by atomic mass is 35.5. The molecule has 2 aromatic carbocycles. The molecule has 0 aliphatic carbocycles. The standard InChI is InChI=1S/C42H49ClF2N8O4/c1-5-35(34(47)13-9-10-18-46)49-27(4)42(54)57-21-11-20-56-38-16-15-26(3)39(51-41(38)50-36-17-19-48-24-31(36)43)40-29-12-7-8-14-37(29)53(52-40)25-30-32(44)22-28(55-6-2)23-33(30)45/h5,7-8,12,14,16-17,19,22-24,27,34,49H,6,9-11,13,18,20-21,25,46-47H2,1-4H3,(H,48,50)/t27-,34-/m0/s1. The number of rotatable bonds is 20. The van der Waals surface area contributed by atoms with Crippen LogP contribution in [0.5, 0.6) is 5.75 Å². The number of esters is 1. The third-order valence-corrected chi connectivity index (χ3v) is 9.38. The third-order valence-electron chi connectivity index (χ3n) is 9.08. The molecule has 6 N–H and O–H groups in total. The highest BCUT2D eigenvalue weighted by Gasteiger charge is 2.23. The molecule has 0 amide bonds. The number of pyridine rings is 1. The molecule has 15 heteroatoms. The summed E-state index contributed by atoms with van der Waals surface area (Å²) in [6, 6.07) is 10.6. The zero-order valence-electron chi connectivity index (χ0n) is 32.6. The number of aliphatic imine (C=N–C) groups is 1. The number of benzene rings is 2.